The molecule has 0 saturated heterocycles. The number of rotatable bonds is 3. The topological polar surface area (TPSA) is 36.7 Å². The van der Waals surface area contributed by atoms with Gasteiger partial charge in [0, 0.05) is 16.8 Å². The highest BCUT2D eigenvalue weighted by molar-refractivity contribution is 7.98. The molecule has 17 heavy (non-hydrogen) atoms. The van der Waals surface area contributed by atoms with Crippen LogP contribution in [-0.4, -0.2) is 4.98 Å². The quantitative estimate of drug-likeness (QED) is 0.770. The summed E-state index contributed by atoms with van der Waals surface area (Å²) in [4.78, 5) is 5.04. The maximum absolute atomic E-state index is 8.77. The number of benzene rings is 1. The van der Waals surface area contributed by atoms with Gasteiger partial charge in [-0.05, 0) is 30.2 Å². The van der Waals surface area contributed by atoms with E-state index in [-0.39, 0.29) is 0 Å². The van der Waals surface area contributed by atoms with E-state index in [1.165, 1.54) is 11.1 Å². The van der Waals surface area contributed by atoms with E-state index in [0.717, 1.165) is 10.6 Å². The van der Waals surface area contributed by atoms with Gasteiger partial charge in [-0.3, -0.25) is 0 Å². The Bertz CT molecular complexity index is 558. The SMILES string of the molecule is Cc1ccccc1CSc1ccnc(C#N)c1. The molecule has 0 radical (unpaired) electrons. The summed E-state index contributed by atoms with van der Waals surface area (Å²) in [5.41, 5.74) is 3.10. The molecule has 0 fully saturated rings. The maximum atomic E-state index is 8.77. The summed E-state index contributed by atoms with van der Waals surface area (Å²) in [5.74, 6) is 0.918. The molecule has 84 valence electrons. The largest absolute Gasteiger partial charge is 0.245 e. The minimum atomic E-state index is 0.472. The Morgan fingerprint density at radius 2 is 2.12 bits per heavy atom. The summed E-state index contributed by atoms with van der Waals surface area (Å²) in [6.45, 7) is 2.11. The Balaban J connectivity index is 2.08. The molecule has 1 heterocycles. The van der Waals surface area contributed by atoms with Gasteiger partial charge in [0.15, 0.2) is 0 Å². The predicted molar refractivity (Wildman–Crippen MR) is 69.7 cm³/mol. The molecule has 0 amide bonds. The zero-order chi connectivity index (χ0) is 12.1. The van der Waals surface area contributed by atoms with Crippen LogP contribution in [0.15, 0.2) is 47.5 Å². The fourth-order valence-electron chi connectivity index (χ4n) is 1.50. The van der Waals surface area contributed by atoms with E-state index in [9.17, 15) is 0 Å². The maximum Gasteiger partial charge on any atom is 0.141 e. The van der Waals surface area contributed by atoms with Crippen molar-refractivity contribution in [3.05, 3.63) is 59.4 Å². The van der Waals surface area contributed by atoms with Crippen molar-refractivity contribution in [2.24, 2.45) is 0 Å². The van der Waals surface area contributed by atoms with E-state index < -0.39 is 0 Å². The standard InChI is InChI=1S/C14H12N2S/c1-11-4-2-3-5-12(11)10-17-14-6-7-16-13(8-14)9-15/h2-8H,10H2,1H3. The van der Waals surface area contributed by atoms with Gasteiger partial charge in [0.25, 0.3) is 0 Å². The molecule has 2 rings (SSSR count). The van der Waals surface area contributed by atoms with Crippen LogP contribution >= 0.6 is 11.8 Å². The van der Waals surface area contributed by atoms with Crippen molar-refractivity contribution >= 4 is 11.8 Å². The lowest BCUT2D eigenvalue weighted by molar-refractivity contribution is 1.21. The number of aromatic nitrogens is 1. The second-order valence-electron chi connectivity index (χ2n) is 3.70. The molecular formula is C14H12N2S. The first kappa shape index (κ1) is 11.7. The molecule has 0 bridgehead atoms. The Morgan fingerprint density at radius 3 is 2.88 bits per heavy atom. The second kappa shape index (κ2) is 5.51. The number of nitriles is 1. The third-order valence-electron chi connectivity index (χ3n) is 2.50. The fourth-order valence-corrected chi connectivity index (χ4v) is 2.49. The minimum absolute atomic E-state index is 0.472. The van der Waals surface area contributed by atoms with Crippen LogP contribution in [0.4, 0.5) is 0 Å². The van der Waals surface area contributed by atoms with Gasteiger partial charge in [0.05, 0.1) is 0 Å². The molecule has 3 heteroatoms. The zero-order valence-corrected chi connectivity index (χ0v) is 10.4. The number of hydrogen-bond acceptors (Lipinski definition) is 3. The Hall–Kier alpha value is -1.79. The average Bonchev–Trinajstić information content (AvgIpc) is 2.38. The molecule has 1 aromatic carbocycles. The van der Waals surface area contributed by atoms with Crippen LogP contribution in [0.1, 0.15) is 16.8 Å². The number of pyridine rings is 1. The third-order valence-corrected chi connectivity index (χ3v) is 3.54. The lowest BCUT2D eigenvalue weighted by Crippen LogP contribution is -1.86. The molecule has 1 aromatic heterocycles. The Morgan fingerprint density at radius 1 is 1.29 bits per heavy atom. The summed E-state index contributed by atoms with van der Waals surface area (Å²) in [7, 11) is 0. The average molecular weight is 240 g/mol. The number of nitrogens with zero attached hydrogens (tertiary/aromatic N) is 2. The molecule has 0 unspecified atom stereocenters. The Kier molecular flexibility index (Phi) is 3.79. The van der Waals surface area contributed by atoms with Crippen molar-refractivity contribution in [2.45, 2.75) is 17.6 Å². The first-order valence-corrected chi connectivity index (χ1v) is 6.31. The van der Waals surface area contributed by atoms with E-state index in [1.54, 1.807) is 18.0 Å². The Labute approximate surface area is 105 Å². The summed E-state index contributed by atoms with van der Waals surface area (Å²) in [6.07, 6.45) is 1.68. The van der Waals surface area contributed by atoms with Gasteiger partial charge < -0.3 is 0 Å². The van der Waals surface area contributed by atoms with Crippen LogP contribution in [0, 0.1) is 18.3 Å². The van der Waals surface area contributed by atoms with Gasteiger partial charge in [0.1, 0.15) is 11.8 Å². The van der Waals surface area contributed by atoms with Crippen molar-refractivity contribution in [1.82, 2.24) is 4.98 Å². The van der Waals surface area contributed by atoms with Crippen LogP contribution < -0.4 is 0 Å². The first-order chi connectivity index (χ1) is 8.29. The lowest BCUT2D eigenvalue weighted by Gasteiger charge is -2.05. The smallest absolute Gasteiger partial charge is 0.141 e. The zero-order valence-electron chi connectivity index (χ0n) is 9.55. The van der Waals surface area contributed by atoms with Crippen molar-refractivity contribution in [3.8, 4) is 6.07 Å². The van der Waals surface area contributed by atoms with Crippen LogP contribution in [-0.2, 0) is 5.75 Å². The van der Waals surface area contributed by atoms with Gasteiger partial charge in [0.2, 0.25) is 0 Å². The highest BCUT2D eigenvalue weighted by Gasteiger charge is 2.00. The van der Waals surface area contributed by atoms with Gasteiger partial charge in [-0.25, -0.2) is 4.98 Å². The minimum Gasteiger partial charge on any atom is -0.245 e. The van der Waals surface area contributed by atoms with Gasteiger partial charge in [-0.15, -0.1) is 11.8 Å². The highest BCUT2D eigenvalue weighted by Crippen LogP contribution is 2.24. The van der Waals surface area contributed by atoms with Crippen LogP contribution in [0.3, 0.4) is 0 Å². The molecule has 2 aromatic rings. The number of aryl methyl sites for hydroxylation is 1. The fraction of sp³-hybridized carbons (Fsp3) is 0.143. The van der Waals surface area contributed by atoms with E-state index in [1.807, 2.05) is 18.2 Å². The van der Waals surface area contributed by atoms with Crippen molar-refractivity contribution in [3.63, 3.8) is 0 Å². The predicted octanol–water partition coefficient (Wildman–Crippen LogP) is 3.55. The first-order valence-electron chi connectivity index (χ1n) is 5.33. The lowest BCUT2D eigenvalue weighted by atomic mass is 10.1. The summed E-state index contributed by atoms with van der Waals surface area (Å²) >= 11 is 1.73. The molecule has 0 spiro atoms. The molecule has 0 aliphatic carbocycles. The van der Waals surface area contributed by atoms with Gasteiger partial charge in [-0.1, -0.05) is 24.3 Å². The molecule has 0 atom stereocenters. The molecule has 0 saturated carbocycles. The van der Waals surface area contributed by atoms with Crippen LogP contribution in [0.25, 0.3) is 0 Å². The molecule has 0 N–H and O–H groups in total. The van der Waals surface area contributed by atoms with E-state index >= 15 is 0 Å². The molecule has 0 aliphatic heterocycles. The number of thioether (sulfide) groups is 1. The van der Waals surface area contributed by atoms with Crippen LogP contribution in [0.5, 0.6) is 0 Å². The summed E-state index contributed by atoms with van der Waals surface area (Å²) < 4.78 is 0. The monoisotopic (exact) mass is 240 g/mol. The normalized spacial score (nSPS) is 9.88. The van der Waals surface area contributed by atoms with E-state index in [4.69, 9.17) is 5.26 Å². The summed E-state index contributed by atoms with van der Waals surface area (Å²) in [6, 6.07) is 14.2. The highest BCUT2D eigenvalue weighted by atomic mass is 32.2. The third kappa shape index (κ3) is 3.08. The van der Waals surface area contributed by atoms with Crippen molar-refractivity contribution < 1.29 is 0 Å². The molecular weight excluding hydrogens is 228 g/mol. The molecule has 0 aliphatic rings. The summed E-state index contributed by atoms with van der Waals surface area (Å²) in [5, 5.41) is 8.77. The van der Waals surface area contributed by atoms with Gasteiger partial charge in [-0.2, -0.15) is 5.26 Å². The number of hydrogen-bond donors (Lipinski definition) is 0. The van der Waals surface area contributed by atoms with E-state index in [0.29, 0.717) is 5.69 Å². The van der Waals surface area contributed by atoms with Crippen LogP contribution in [0.2, 0.25) is 0 Å². The van der Waals surface area contributed by atoms with Crippen molar-refractivity contribution in [1.29, 1.82) is 5.26 Å². The van der Waals surface area contributed by atoms with E-state index in [2.05, 4.69) is 36.2 Å². The van der Waals surface area contributed by atoms with Crippen molar-refractivity contribution in [2.75, 3.05) is 0 Å². The second-order valence-corrected chi connectivity index (χ2v) is 4.75. The van der Waals surface area contributed by atoms with Gasteiger partial charge >= 0.3 is 0 Å². The molecule has 2 nitrogen and oxygen atoms in total.